The van der Waals surface area contributed by atoms with Crippen molar-refractivity contribution in [3.8, 4) is 0 Å². The van der Waals surface area contributed by atoms with Crippen molar-refractivity contribution in [3.05, 3.63) is 29.3 Å². The first-order chi connectivity index (χ1) is 5.88. The largest absolute Gasteiger partial charge is 1.00 e. The third-order valence-corrected chi connectivity index (χ3v) is 2.15. The molecule has 0 atom stereocenters. The van der Waals surface area contributed by atoms with Crippen molar-refractivity contribution in [1.82, 2.24) is 0 Å². The molecule has 0 nitrogen and oxygen atoms in total. The number of fused-ring (bicyclic) bond motifs is 1. The Hall–Kier alpha value is 1.02. The molecule has 1 aromatic carbocycles. The van der Waals surface area contributed by atoms with Crippen molar-refractivity contribution in [2.24, 2.45) is 0 Å². The second-order valence-corrected chi connectivity index (χ2v) is 4.52. The van der Waals surface area contributed by atoms with Crippen LogP contribution in [0, 0.1) is 0 Å². The van der Waals surface area contributed by atoms with Gasteiger partial charge in [-0.25, -0.2) is 6.07 Å². The molecule has 0 N–H and O–H groups in total. The van der Waals surface area contributed by atoms with Crippen molar-refractivity contribution in [1.29, 1.82) is 0 Å². The Morgan fingerprint density at radius 2 is 1.67 bits per heavy atom. The Labute approximate surface area is 127 Å². The third-order valence-electron chi connectivity index (χ3n) is 2.15. The van der Waals surface area contributed by atoms with Gasteiger partial charge < -0.3 is 24.8 Å². The molecule has 0 aliphatic heterocycles. The molecule has 4 heteroatoms. The zero-order chi connectivity index (χ0) is 8.81. The second kappa shape index (κ2) is 13.1. The van der Waals surface area contributed by atoms with Gasteiger partial charge >= 0.3 is 0 Å². The first-order valence-electron chi connectivity index (χ1n) is 4.86. The molecule has 0 heterocycles. The summed E-state index contributed by atoms with van der Waals surface area (Å²) in [5, 5.41) is 0. The van der Waals surface area contributed by atoms with E-state index in [-0.39, 0.29) is 50.7 Å². The molecule has 0 bridgehead atoms. The zero-order valence-corrected chi connectivity index (χ0v) is 15.7. The molecule has 87 valence electrons. The van der Waals surface area contributed by atoms with Gasteiger partial charge in [0.15, 0.2) is 0 Å². The van der Waals surface area contributed by atoms with E-state index in [1.165, 1.54) is 25.7 Å². The molecule has 0 amide bonds. The fraction of sp³-hybridized carbons (Fsp3) is 0.545. The van der Waals surface area contributed by atoms with Crippen LogP contribution in [0.15, 0.2) is 18.2 Å². The molecule has 1 aromatic rings. The molecular weight excluding hydrogens is 410 g/mol. The molecule has 0 spiro atoms. The zero-order valence-electron chi connectivity index (χ0n) is 9.39. The average Bonchev–Trinajstić information content (AvgIpc) is 2.52. The normalized spacial score (nSPS) is 11.6. The van der Waals surface area contributed by atoms with Gasteiger partial charge in [0.1, 0.15) is 0 Å². The molecule has 0 unspecified atom stereocenters. The Morgan fingerprint density at radius 3 is 2.20 bits per heavy atom. The fourth-order valence-electron chi connectivity index (χ4n) is 1.61. The van der Waals surface area contributed by atoms with Crippen LogP contribution < -0.4 is 24.8 Å². The summed E-state index contributed by atoms with van der Waals surface area (Å²) in [7, 11) is 0.750. The van der Waals surface area contributed by atoms with E-state index in [0.29, 0.717) is 0 Å². The Morgan fingerprint density at radius 1 is 1.13 bits per heavy atom. The molecule has 2 rings (SSSR count). The molecule has 15 heavy (non-hydrogen) atoms. The minimum atomic E-state index is 0. The summed E-state index contributed by atoms with van der Waals surface area (Å²) in [5.74, 6) is 0. The summed E-state index contributed by atoms with van der Waals surface area (Å²) in [5.41, 5.74) is 3.20. The predicted octanol–water partition coefficient (Wildman–Crippen LogP) is -3.19. The molecule has 0 aromatic heterocycles. The van der Waals surface area contributed by atoms with Crippen molar-refractivity contribution < 1.29 is 50.7 Å². The average molecular weight is 428 g/mol. The summed E-state index contributed by atoms with van der Waals surface area (Å²) in [4.78, 5) is 0. The minimum absolute atomic E-state index is 0. The van der Waals surface area contributed by atoms with Crippen LogP contribution in [0.2, 0.25) is 13.1 Å². The second-order valence-electron chi connectivity index (χ2n) is 3.36. The van der Waals surface area contributed by atoms with Gasteiger partial charge in [0.25, 0.3) is 0 Å². The first kappa shape index (κ1) is 21.3. The number of aryl methyl sites for hydroxylation is 2. The van der Waals surface area contributed by atoms with Crippen LogP contribution in [-0.4, -0.2) is 9.52 Å². The molecule has 0 saturated heterocycles. The minimum Gasteiger partial charge on any atom is -1.00 e. The van der Waals surface area contributed by atoms with E-state index < -0.39 is 0 Å². The Kier molecular flexibility index (Phi) is 18.6. The van der Waals surface area contributed by atoms with E-state index in [2.05, 4.69) is 31.3 Å². The van der Waals surface area contributed by atoms with E-state index in [0.717, 1.165) is 9.52 Å². The van der Waals surface area contributed by atoms with Crippen LogP contribution in [0.5, 0.6) is 0 Å². The number of hydrogen-bond donors (Lipinski definition) is 0. The van der Waals surface area contributed by atoms with Crippen LogP contribution in [0.25, 0.3) is 0 Å². The number of hydrogen-bond acceptors (Lipinski definition) is 0. The van der Waals surface area contributed by atoms with Crippen molar-refractivity contribution in [2.45, 2.75) is 38.8 Å². The number of rotatable bonds is 0. The van der Waals surface area contributed by atoms with Crippen LogP contribution in [-0.2, 0) is 38.7 Å². The summed E-state index contributed by atoms with van der Waals surface area (Å²) < 4.78 is 0. The molecule has 0 saturated carbocycles. The van der Waals surface area contributed by atoms with E-state index in [9.17, 15) is 0 Å². The van der Waals surface area contributed by atoms with Crippen molar-refractivity contribution in [2.75, 3.05) is 0 Å². The monoisotopic (exact) mass is 428 g/mol. The summed E-state index contributed by atoms with van der Waals surface area (Å²) >= 11 is 0. The van der Waals surface area contributed by atoms with Gasteiger partial charge in [-0.3, -0.25) is 0 Å². The Bertz CT molecular complexity index is 206. The molecule has 1 aliphatic rings. The van der Waals surface area contributed by atoms with E-state index in [1.54, 1.807) is 11.1 Å². The van der Waals surface area contributed by atoms with Crippen LogP contribution in [0.4, 0.5) is 0 Å². The summed E-state index contributed by atoms with van der Waals surface area (Å²) in [6, 6.07) is 6.69. The maximum absolute atomic E-state index is 2.26. The number of halogens is 2. The summed E-state index contributed by atoms with van der Waals surface area (Å²) in [6.07, 6.45) is 5.44. The quantitative estimate of drug-likeness (QED) is 0.302. The first-order valence-corrected chi connectivity index (χ1v) is 7.17. The fourth-order valence-corrected chi connectivity index (χ4v) is 1.61. The van der Waals surface area contributed by atoms with E-state index in [1.807, 2.05) is 0 Å². The van der Waals surface area contributed by atoms with Gasteiger partial charge in [-0.1, -0.05) is 38.8 Å². The molecular formula is C11H18Cl2HfSi-3. The van der Waals surface area contributed by atoms with Gasteiger partial charge in [-0.05, 0) is 0 Å². The van der Waals surface area contributed by atoms with Crippen LogP contribution in [0.3, 0.4) is 0 Å². The molecule has 1 radical (unpaired) electrons. The third kappa shape index (κ3) is 7.84. The maximum Gasteiger partial charge on any atom is 0.0213 e. The standard InChI is InChI=1S/C9H11.C2H7Si.2ClH.Hf/c1-2-5-9-7-3-6-8(9)4-1;1-3-2;;;/h3,6-7H,1-2,4-5H2;3H,1-2H3;2*1H;/q-1;;;;/p-2. The van der Waals surface area contributed by atoms with Gasteiger partial charge in [0, 0.05) is 35.4 Å². The topological polar surface area (TPSA) is 0 Å². The van der Waals surface area contributed by atoms with Gasteiger partial charge in [0.2, 0.25) is 0 Å². The smallest absolute Gasteiger partial charge is 0.0213 e. The van der Waals surface area contributed by atoms with Crippen molar-refractivity contribution >= 4 is 9.52 Å². The molecule has 0 fully saturated rings. The Balaban J connectivity index is -0.000000220. The van der Waals surface area contributed by atoms with E-state index >= 15 is 0 Å². The summed E-state index contributed by atoms with van der Waals surface area (Å²) in [6.45, 7) is 4.42. The SMILES string of the molecule is C[SiH]C.[Cl-].[Cl-].[Hf].c1cc2c([cH-]1)CCCC2. The van der Waals surface area contributed by atoms with Crippen molar-refractivity contribution in [3.63, 3.8) is 0 Å². The molecule has 1 aliphatic carbocycles. The van der Waals surface area contributed by atoms with Crippen LogP contribution >= 0.6 is 0 Å². The van der Waals surface area contributed by atoms with Gasteiger partial charge in [0.05, 0.1) is 0 Å². The van der Waals surface area contributed by atoms with Gasteiger partial charge in [-0.2, -0.15) is 23.3 Å². The predicted molar refractivity (Wildman–Crippen MR) is 57.6 cm³/mol. The maximum atomic E-state index is 2.26. The van der Waals surface area contributed by atoms with E-state index in [4.69, 9.17) is 0 Å². The van der Waals surface area contributed by atoms with Crippen LogP contribution in [0.1, 0.15) is 24.0 Å². The van der Waals surface area contributed by atoms with Gasteiger partial charge in [-0.15, -0.1) is 0 Å².